The fraction of sp³-hybridized carbons (Fsp3) is 0.435. The number of nitrogens with one attached hydrogen (secondary N) is 2. The van der Waals surface area contributed by atoms with Gasteiger partial charge in [-0.25, -0.2) is 13.1 Å². The van der Waals surface area contributed by atoms with Crippen molar-refractivity contribution in [2.75, 3.05) is 51.3 Å². The summed E-state index contributed by atoms with van der Waals surface area (Å²) in [6.07, 6.45) is 0.983. The molecule has 3 rings (SSSR count). The maximum atomic E-state index is 12.4. The average molecular weight is 462 g/mol. The lowest BCUT2D eigenvalue weighted by atomic mass is 10.1. The van der Waals surface area contributed by atoms with E-state index in [1.807, 2.05) is 31.2 Å². The molecular formula is C23H31N3O5S. The minimum atomic E-state index is -3.68. The Hall–Kier alpha value is -2.46. The van der Waals surface area contributed by atoms with Crippen molar-refractivity contribution < 1.29 is 22.7 Å². The third kappa shape index (κ3) is 7.59. The van der Waals surface area contributed by atoms with Gasteiger partial charge in [0, 0.05) is 38.3 Å². The molecule has 2 aromatic rings. The smallest absolute Gasteiger partial charge is 0.240 e. The molecule has 2 aromatic carbocycles. The van der Waals surface area contributed by atoms with E-state index in [2.05, 4.69) is 14.9 Å². The van der Waals surface area contributed by atoms with E-state index < -0.39 is 10.0 Å². The quantitative estimate of drug-likeness (QED) is 0.533. The lowest BCUT2D eigenvalue weighted by Crippen LogP contribution is -2.37. The van der Waals surface area contributed by atoms with E-state index in [1.165, 1.54) is 17.7 Å². The molecule has 1 saturated heterocycles. The number of amides is 1. The van der Waals surface area contributed by atoms with Crippen LogP contribution in [0.4, 0.5) is 5.69 Å². The largest absolute Gasteiger partial charge is 0.494 e. The molecule has 0 spiro atoms. The topological polar surface area (TPSA) is 97.0 Å². The van der Waals surface area contributed by atoms with E-state index in [9.17, 15) is 13.2 Å². The number of sulfonamides is 1. The van der Waals surface area contributed by atoms with Gasteiger partial charge in [-0.05, 0) is 55.3 Å². The van der Waals surface area contributed by atoms with Crippen LogP contribution in [0.1, 0.15) is 18.9 Å². The first kappa shape index (κ1) is 24.2. The van der Waals surface area contributed by atoms with E-state index in [0.717, 1.165) is 39.3 Å². The number of hydrogen-bond acceptors (Lipinski definition) is 6. The first-order valence-electron chi connectivity index (χ1n) is 10.9. The van der Waals surface area contributed by atoms with E-state index in [1.54, 1.807) is 12.1 Å². The maximum Gasteiger partial charge on any atom is 0.240 e. The van der Waals surface area contributed by atoms with Crippen LogP contribution < -0.4 is 14.8 Å². The van der Waals surface area contributed by atoms with E-state index >= 15 is 0 Å². The molecule has 1 amide bonds. The monoisotopic (exact) mass is 461 g/mol. The van der Waals surface area contributed by atoms with Gasteiger partial charge in [0.05, 0.1) is 24.7 Å². The highest BCUT2D eigenvalue weighted by molar-refractivity contribution is 7.89. The zero-order chi connectivity index (χ0) is 22.8. The minimum absolute atomic E-state index is 0.0129. The van der Waals surface area contributed by atoms with Crippen LogP contribution in [0.25, 0.3) is 0 Å². The molecule has 0 unspecified atom stereocenters. The lowest BCUT2D eigenvalue weighted by Gasteiger charge is -2.26. The highest BCUT2D eigenvalue weighted by Gasteiger charge is 2.14. The molecule has 0 bridgehead atoms. The standard InChI is InChI=1S/C23H31N3O5S/c1-2-31-21-7-9-22(10-8-21)32(28,29)24-13-11-23(27)25-20-5-3-19(4-6-20)12-14-26-15-17-30-18-16-26/h3-10,24H,2,11-18H2,1H3,(H,25,27). The summed E-state index contributed by atoms with van der Waals surface area (Å²) in [7, 11) is -3.68. The highest BCUT2D eigenvalue weighted by atomic mass is 32.2. The predicted octanol–water partition coefficient (Wildman–Crippen LogP) is 2.27. The van der Waals surface area contributed by atoms with Crippen LogP contribution >= 0.6 is 0 Å². The van der Waals surface area contributed by atoms with E-state index in [0.29, 0.717) is 18.0 Å². The number of anilines is 1. The normalized spacial score (nSPS) is 14.8. The molecule has 8 nitrogen and oxygen atoms in total. The van der Waals surface area contributed by atoms with Crippen molar-refractivity contribution in [2.45, 2.75) is 24.7 Å². The van der Waals surface area contributed by atoms with Crippen LogP contribution in [0.5, 0.6) is 5.75 Å². The summed E-state index contributed by atoms with van der Waals surface area (Å²) in [5.41, 5.74) is 1.90. The summed E-state index contributed by atoms with van der Waals surface area (Å²) in [6, 6.07) is 13.9. The molecule has 1 aliphatic rings. The Morgan fingerprint density at radius 3 is 2.41 bits per heavy atom. The van der Waals surface area contributed by atoms with Crippen LogP contribution in [0.3, 0.4) is 0 Å². The number of ether oxygens (including phenoxy) is 2. The molecule has 1 heterocycles. The van der Waals surface area contributed by atoms with Gasteiger partial charge in [-0.2, -0.15) is 0 Å². The third-order valence-electron chi connectivity index (χ3n) is 5.15. The molecule has 1 aliphatic heterocycles. The summed E-state index contributed by atoms with van der Waals surface area (Å²) < 4.78 is 37.9. The van der Waals surface area contributed by atoms with Crippen LogP contribution in [-0.4, -0.2) is 65.2 Å². The van der Waals surface area contributed by atoms with Gasteiger partial charge < -0.3 is 14.8 Å². The molecule has 0 atom stereocenters. The number of hydrogen-bond donors (Lipinski definition) is 2. The Bertz CT molecular complexity index is 956. The van der Waals surface area contributed by atoms with Crippen molar-refractivity contribution in [1.29, 1.82) is 0 Å². The molecule has 1 fully saturated rings. The lowest BCUT2D eigenvalue weighted by molar-refractivity contribution is -0.116. The molecule has 174 valence electrons. The van der Waals surface area contributed by atoms with Crippen molar-refractivity contribution in [3.8, 4) is 5.75 Å². The highest BCUT2D eigenvalue weighted by Crippen LogP contribution is 2.16. The first-order chi connectivity index (χ1) is 15.5. The molecular weight excluding hydrogens is 430 g/mol. The number of nitrogens with zero attached hydrogens (tertiary/aromatic N) is 1. The molecule has 32 heavy (non-hydrogen) atoms. The van der Waals surface area contributed by atoms with Gasteiger partial charge in [-0.3, -0.25) is 9.69 Å². The van der Waals surface area contributed by atoms with Gasteiger partial charge >= 0.3 is 0 Å². The van der Waals surface area contributed by atoms with Crippen molar-refractivity contribution in [3.63, 3.8) is 0 Å². The van der Waals surface area contributed by atoms with Crippen LogP contribution in [0, 0.1) is 0 Å². The van der Waals surface area contributed by atoms with Gasteiger partial charge in [0.15, 0.2) is 0 Å². The van der Waals surface area contributed by atoms with Gasteiger partial charge in [0.1, 0.15) is 5.75 Å². The zero-order valence-electron chi connectivity index (χ0n) is 18.4. The molecule has 9 heteroatoms. The number of carbonyl (C=O) groups excluding carboxylic acids is 1. The predicted molar refractivity (Wildman–Crippen MR) is 123 cm³/mol. The van der Waals surface area contributed by atoms with Crippen LogP contribution in [-0.2, 0) is 26.0 Å². The number of rotatable bonds is 11. The second-order valence-electron chi connectivity index (χ2n) is 7.50. The summed E-state index contributed by atoms with van der Waals surface area (Å²) in [5.74, 6) is 0.360. The molecule has 0 saturated carbocycles. The van der Waals surface area contributed by atoms with Crippen LogP contribution in [0.15, 0.2) is 53.4 Å². The summed E-state index contributed by atoms with van der Waals surface area (Å²) in [5, 5.41) is 2.80. The van der Waals surface area contributed by atoms with Crippen molar-refractivity contribution in [2.24, 2.45) is 0 Å². The number of carbonyl (C=O) groups is 1. The Balaban J connectivity index is 1.40. The Kier molecular flexibility index (Phi) is 9.04. The number of morpholine rings is 1. The third-order valence-corrected chi connectivity index (χ3v) is 6.62. The van der Waals surface area contributed by atoms with Crippen molar-refractivity contribution >= 4 is 21.6 Å². The van der Waals surface area contributed by atoms with Crippen molar-refractivity contribution in [3.05, 3.63) is 54.1 Å². The zero-order valence-corrected chi connectivity index (χ0v) is 19.2. The minimum Gasteiger partial charge on any atom is -0.494 e. The SMILES string of the molecule is CCOc1ccc(S(=O)(=O)NCCC(=O)Nc2ccc(CCN3CCOCC3)cc2)cc1. The summed E-state index contributed by atoms with van der Waals surface area (Å²) >= 11 is 0. The van der Waals surface area contributed by atoms with E-state index in [-0.39, 0.29) is 23.8 Å². The Morgan fingerprint density at radius 2 is 1.75 bits per heavy atom. The van der Waals surface area contributed by atoms with Gasteiger partial charge in [-0.15, -0.1) is 0 Å². The Morgan fingerprint density at radius 1 is 1.06 bits per heavy atom. The van der Waals surface area contributed by atoms with Crippen LogP contribution in [0.2, 0.25) is 0 Å². The first-order valence-corrected chi connectivity index (χ1v) is 12.4. The fourth-order valence-electron chi connectivity index (χ4n) is 3.35. The summed E-state index contributed by atoms with van der Waals surface area (Å²) in [6.45, 7) is 6.90. The molecule has 0 aliphatic carbocycles. The van der Waals surface area contributed by atoms with E-state index in [4.69, 9.17) is 9.47 Å². The number of benzene rings is 2. The summed E-state index contributed by atoms with van der Waals surface area (Å²) in [4.78, 5) is 14.7. The molecule has 2 N–H and O–H groups in total. The second kappa shape index (κ2) is 12.0. The van der Waals surface area contributed by atoms with Gasteiger partial charge in [-0.1, -0.05) is 12.1 Å². The second-order valence-corrected chi connectivity index (χ2v) is 9.27. The Labute approximate surface area is 190 Å². The maximum absolute atomic E-state index is 12.4. The van der Waals surface area contributed by atoms with Gasteiger partial charge in [0.25, 0.3) is 0 Å². The van der Waals surface area contributed by atoms with Gasteiger partial charge in [0.2, 0.25) is 15.9 Å². The van der Waals surface area contributed by atoms with Crippen molar-refractivity contribution in [1.82, 2.24) is 9.62 Å². The average Bonchev–Trinajstić information content (AvgIpc) is 2.80. The fourth-order valence-corrected chi connectivity index (χ4v) is 4.39. The molecule has 0 radical (unpaired) electrons. The molecule has 0 aromatic heterocycles.